The number of halogens is 1. The summed E-state index contributed by atoms with van der Waals surface area (Å²) in [6, 6.07) is 13.7. The minimum absolute atomic E-state index is 0.00533. The number of anilines is 1. The number of nitrogens with one attached hydrogen (secondary N) is 1. The zero-order valence-corrected chi connectivity index (χ0v) is 22.0. The van der Waals surface area contributed by atoms with Crippen molar-refractivity contribution in [1.29, 1.82) is 0 Å². The molecule has 0 radical (unpaired) electrons. The lowest BCUT2D eigenvalue weighted by Crippen LogP contribution is -2.29. The molecule has 39 heavy (non-hydrogen) atoms. The first-order chi connectivity index (χ1) is 18.5. The van der Waals surface area contributed by atoms with Gasteiger partial charge < -0.3 is 25.1 Å². The molecule has 0 aliphatic carbocycles. The highest BCUT2D eigenvalue weighted by Crippen LogP contribution is 2.44. The second kappa shape index (κ2) is 10.1. The average Bonchev–Trinajstić information content (AvgIpc) is 3.37. The van der Waals surface area contributed by atoms with E-state index < -0.39 is 22.1 Å². The molecule has 1 aliphatic heterocycles. The number of sulfonamides is 1. The van der Waals surface area contributed by atoms with Gasteiger partial charge in [0, 0.05) is 5.56 Å². The maximum atomic E-state index is 14.2. The third-order valence-electron chi connectivity index (χ3n) is 6.02. The van der Waals surface area contributed by atoms with Crippen molar-refractivity contribution in [2.24, 2.45) is 0 Å². The quantitative estimate of drug-likeness (QED) is 0.286. The summed E-state index contributed by atoms with van der Waals surface area (Å²) < 4.78 is 59.1. The van der Waals surface area contributed by atoms with Crippen molar-refractivity contribution in [3.05, 3.63) is 82.7 Å². The number of ether oxygens (including phenoxy) is 3. The molecule has 0 bridgehead atoms. The summed E-state index contributed by atoms with van der Waals surface area (Å²) in [4.78, 5) is 8.40. The minimum atomic E-state index is -4.27. The Kier molecular flexibility index (Phi) is 6.85. The average molecular weight is 553 g/mol. The van der Waals surface area contributed by atoms with Gasteiger partial charge in [-0.3, -0.25) is 0 Å². The summed E-state index contributed by atoms with van der Waals surface area (Å²) >= 11 is 0. The molecule has 0 saturated carbocycles. The fourth-order valence-corrected chi connectivity index (χ4v) is 5.36. The lowest BCUT2D eigenvalue weighted by molar-refractivity contribution is 0.162. The minimum Gasteiger partial charge on any atom is -0.453 e. The molecule has 0 saturated heterocycles. The van der Waals surface area contributed by atoms with E-state index in [1.807, 2.05) is 32.9 Å². The Bertz CT molecular complexity index is 1670. The SMILES string of the molecule is Cc1cc(C)c(Oc2nc(-c3ccc(F)c4c3OCO4)ccc2C(O)NS(=O)(=O)c2cccc(N)n2)c(C)c1. The van der Waals surface area contributed by atoms with Crippen molar-refractivity contribution in [3.63, 3.8) is 0 Å². The van der Waals surface area contributed by atoms with Gasteiger partial charge in [0.1, 0.15) is 17.8 Å². The van der Waals surface area contributed by atoms with Gasteiger partial charge in [0.15, 0.2) is 16.6 Å². The van der Waals surface area contributed by atoms with Crippen LogP contribution in [0, 0.1) is 26.6 Å². The first-order valence-corrected chi connectivity index (χ1v) is 13.3. The molecule has 10 nitrogen and oxygen atoms in total. The number of nitrogens with zero attached hydrogens (tertiary/aromatic N) is 2. The Balaban J connectivity index is 1.59. The summed E-state index contributed by atoms with van der Waals surface area (Å²) in [6.45, 7) is 5.53. The first kappa shape index (κ1) is 26.4. The summed E-state index contributed by atoms with van der Waals surface area (Å²) in [5, 5.41) is 10.7. The van der Waals surface area contributed by atoms with E-state index in [0.29, 0.717) is 17.0 Å². The molecule has 202 valence electrons. The van der Waals surface area contributed by atoms with Gasteiger partial charge >= 0.3 is 0 Å². The van der Waals surface area contributed by atoms with Crippen LogP contribution < -0.4 is 24.7 Å². The van der Waals surface area contributed by atoms with E-state index in [2.05, 4.69) is 14.7 Å². The van der Waals surface area contributed by atoms with Crippen LogP contribution in [0.25, 0.3) is 11.3 Å². The molecule has 2 aromatic heterocycles. The smallest absolute Gasteiger partial charge is 0.260 e. The highest BCUT2D eigenvalue weighted by Gasteiger charge is 2.28. The molecule has 2 aromatic carbocycles. The number of aliphatic hydroxyl groups is 1. The Hall–Kier alpha value is -4.26. The zero-order valence-electron chi connectivity index (χ0n) is 21.2. The molecule has 1 atom stereocenters. The van der Waals surface area contributed by atoms with Crippen LogP contribution >= 0.6 is 0 Å². The number of nitrogen functional groups attached to an aromatic ring is 1. The van der Waals surface area contributed by atoms with E-state index in [9.17, 15) is 17.9 Å². The monoisotopic (exact) mass is 552 g/mol. The van der Waals surface area contributed by atoms with Crippen LogP contribution in [0.15, 0.2) is 59.6 Å². The fraction of sp³-hybridized carbons (Fsp3) is 0.185. The predicted molar refractivity (Wildman–Crippen MR) is 140 cm³/mol. The molecular formula is C27H25FN4O6S. The molecule has 0 spiro atoms. The highest BCUT2D eigenvalue weighted by molar-refractivity contribution is 7.89. The number of aromatic nitrogens is 2. The number of fused-ring (bicyclic) bond motifs is 1. The molecule has 4 N–H and O–H groups in total. The van der Waals surface area contributed by atoms with Gasteiger partial charge in [-0.1, -0.05) is 23.8 Å². The number of aliphatic hydroxyl groups excluding tert-OH is 1. The molecule has 12 heteroatoms. The molecule has 0 amide bonds. The number of rotatable bonds is 7. The van der Waals surface area contributed by atoms with Gasteiger partial charge in [-0.2, -0.15) is 4.72 Å². The zero-order chi connectivity index (χ0) is 27.9. The van der Waals surface area contributed by atoms with Crippen LogP contribution in [0.3, 0.4) is 0 Å². The maximum Gasteiger partial charge on any atom is 0.260 e. The van der Waals surface area contributed by atoms with E-state index in [1.54, 1.807) is 0 Å². The van der Waals surface area contributed by atoms with Crippen LogP contribution in [0.2, 0.25) is 0 Å². The Morgan fingerprint density at radius 3 is 2.46 bits per heavy atom. The number of nitrogens with two attached hydrogens (primary N) is 1. The van der Waals surface area contributed by atoms with Crippen molar-refractivity contribution in [2.75, 3.05) is 12.5 Å². The van der Waals surface area contributed by atoms with Crippen LogP contribution in [0.5, 0.6) is 23.1 Å². The van der Waals surface area contributed by atoms with Crippen LogP contribution in [-0.4, -0.2) is 30.3 Å². The van der Waals surface area contributed by atoms with Crippen molar-refractivity contribution < 1.29 is 32.1 Å². The van der Waals surface area contributed by atoms with Crippen LogP contribution in [0.1, 0.15) is 28.5 Å². The molecule has 1 aliphatic rings. The van der Waals surface area contributed by atoms with E-state index in [-0.39, 0.29) is 40.6 Å². The predicted octanol–water partition coefficient (Wildman–Crippen LogP) is 4.28. The topological polar surface area (TPSA) is 146 Å². The van der Waals surface area contributed by atoms with Gasteiger partial charge in [-0.25, -0.2) is 22.8 Å². The van der Waals surface area contributed by atoms with Crippen molar-refractivity contribution in [2.45, 2.75) is 32.0 Å². The van der Waals surface area contributed by atoms with Crippen molar-refractivity contribution >= 4 is 15.8 Å². The second-order valence-electron chi connectivity index (χ2n) is 9.01. The number of hydrogen-bond acceptors (Lipinski definition) is 9. The molecule has 3 heterocycles. The first-order valence-electron chi connectivity index (χ1n) is 11.8. The van der Waals surface area contributed by atoms with Crippen molar-refractivity contribution in [3.8, 4) is 34.4 Å². The molecule has 4 aromatic rings. The molecule has 5 rings (SSSR count). The standard InChI is InChI=1S/C27H25FN4O6S/c1-14-11-15(2)23(16(3)12-14)38-27-18(26(33)32-39(34,35)22-6-4-5-21(29)31-22)8-10-20(30-27)17-7-9-19(28)25-24(17)36-13-37-25/h4-12,26,32-33H,13H2,1-3H3,(H2,29,31). The van der Waals surface area contributed by atoms with E-state index in [0.717, 1.165) is 16.7 Å². The Morgan fingerprint density at radius 1 is 1.03 bits per heavy atom. The van der Waals surface area contributed by atoms with E-state index in [1.165, 1.54) is 42.5 Å². The van der Waals surface area contributed by atoms with Gasteiger partial charge in [0.05, 0.1) is 11.3 Å². The summed E-state index contributed by atoms with van der Waals surface area (Å²) in [5.74, 6) is -0.0133. The number of benzene rings is 2. The third kappa shape index (κ3) is 5.21. The number of hydrogen-bond donors (Lipinski definition) is 3. The fourth-order valence-electron chi connectivity index (χ4n) is 4.33. The third-order valence-corrected chi connectivity index (χ3v) is 7.33. The van der Waals surface area contributed by atoms with Crippen LogP contribution in [-0.2, 0) is 10.0 Å². The summed E-state index contributed by atoms with van der Waals surface area (Å²) in [7, 11) is -4.27. The summed E-state index contributed by atoms with van der Waals surface area (Å²) in [6.07, 6.45) is -1.76. The Labute approximate surface area is 224 Å². The second-order valence-corrected chi connectivity index (χ2v) is 10.7. The summed E-state index contributed by atoms with van der Waals surface area (Å²) in [5.41, 5.74) is 9.06. The Morgan fingerprint density at radius 2 is 1.74 bits per heavy atom. The number of pyridine rings is 2. The maximum absolute atomic E-state index is 14.2. The van der Waals surface area contributed by atoms with Gasteiger partial charge in [0.2, 0.25) is 18.4 Å². The molecule has 1 unspecified atom stereocenters. The highest BCUT2D eigenvalue weighted by atomic mass is 32.2. The van der Waals surface area contributed by atoms with Gasteiger partial charge in [-0.15, -0.1) is 0 Å². The van der Waals surface area contributed by atoms with Crippen LogP contribution in [0.4, 0.5) is 10.2 Å². The van der Waals surface area contributed by atoms with Gasteiger partial charge in [-0.05, 0) is 68.3 Å². The number of aryl methyl sites for hydroxylation is 3. The lowest BCUT2D eigenvalue weighted by Gasteiger charge is -2.19. The largest absolute Gasteiger partial charge is 0.453 e. The molecular weight excluding hydrogens is 527 g/mol. The lowest BCUT2D eigenvalue weighted by atomic mass is 10.1. The normalized spacial score (nSPS) is 13.4. The van der Waals surface area contributed by atoms with E-state index >= 15 is 0 Å². The van der Waals surface area contributed by atoms with Gasteiger partial charge in [0.25, 0.3) is 10.0 Å². The molecule has 0 fully saturated rings. The van der Waals surface area contributed by atoms with Crippen molar-refractivity contribution in [1.82, 2.24) is 14.7 Å². The van der Waals surface area contributed by atoms with E-state index in [4.69, 9.17) is 19.9 Å².